The molecule has 0 saturated heterocycles. The summed E-state index contributed by atoms with van der Waals surface area (Å²) >= 11 is 0. The van der Waals surface area contributed by atoms with Crippen molar-refractivity contribution in [2.45, 2.75) is 33.2 Å². The fraction of sp³-hybridized carbons (Fsp3) is 0.455. The van der Waals surface area contributed by atoms with E-state index in [9.17, 15) is 28.8 Å². The minimum Gasteiger partial charge on any atom is -0.351 e. The van der Waals surface area contributed by atoms with Crippen LogP contribution in [0.15, 0.2) is 0 Å². The van der Waals surface area contributed by atoms with E-state index < -0.39 is 40.9 Å². The third kappa shape index (κ3) is 2.87. The fourth-order valence-corrected chi connectivity index (χ4v) is 1.88. The van der Waals surface area contributed by atoms with Gasteiger partial charge in [-0.1, -0.05) is 0 Å². The molecule has 0 heterocycles. The molecule has 110 valence electrons. The lowest BCUT2D eigenvalue weighted by molar-refractivity contribution is -0.165. The van der Waals surface area contributed by atoms with E-state index in [1.54, 1.807) is 5.32 Å². The Morgan fingerprint density at radius 3 is 1.40 bits per heavy atom. The van der Waals surface area contributed by atoms with Gasteiger partial charge < -0.3 is 5.73 Å². The maximum Gasteiger partial charge on any atom is 0.318 e. The number of hydrogen-bond donors (Lipinski definition) is 2. The monoisotopic (exact) mass is 285 g/mol. The van der Waals surface area contributed by atoms with Crippen molar-refractivity contribution in [1.29, 1.82) is 0 Å². The molecule has 0 fully saturated rings. The van der Waals surface area contributed by atoms with Crippen LogP contribution in [0.1, 0.15) is 27.7 Å². The standard InChI is InChI=1S/C11H15N3O6/c1-5(15)11(6(2)16,9(19)13-10(12)20)14(7(3)17)8(4)18/h1-4H3,(H3,12,13,19,20). The molecule has 0 bridgehead atoms. The Hall–Kier alpha value is -2.58. The van der Waals surface area contributed by atoms with E-state index in [1.165, 1.54) is 0 Å². The Morgan fingerprint density at radius 1 is 0.850 bits per heavy atom. The summed E-state index contributed by atoms with van der Waals surface area (Å²) in [5.74, 6) is -5.62. The zero-order valence-electron chi connectivity index (χ0n) is 11.5. The molecule has 0 atom stereocenters. The zero-order chi connectivity index (χ0) is 16.2. The predicted octanol–water partition coefficient (Wildman–Crippen LogP) is -1.51. The number of ketones is 2. The average Bonchev–Trinajstić information content (AvgIpc) is 2.21. The lowest BCUT2D eigenvalue weighted by Crippen LogP contribution is -2.70. The second kappa shape index (κ2) is 6.04. The summed E-state index contributed by atoms with van der Waals surface area (Å²) < 4.78 is 0. The molecule has 3 N–H and O–H groups in total. The Labute approximate surface area is 114 Å². The molecule has 0 aromatic heterocycles. The van der Waals surface area contributed by atoms with Gasteiger partial charge in [0.15, 0.2) is 11.6 Å². The highest BCUT2D eigenvalue weighted by Gasteiger charge is 2.56. The zero-order valence-corrected chi connectivity index (χ0v) is 11.5. The molecular weight excluding hydrogens is 270 g/mol. The van der Waals surface area contributed by atoms with Crippen LogP contribution in [-0.2, 0) is 24.0 Å². The van der Waals surface area contributed by atoms with E-state index in [4.69, 9.17) is 5.73 Å². The number of rotatable bonds is 4. The van der Waals surface area contributed by atoms with Crippen LogP contribution in [-0.4, -0.2) is 45.8 Å². The van der Waals surface area contributed by atoms with Gasteiger partial charge in [-0.3, -0.25) is 34.2 Å². The minimum absolute atomic E-state index is 0.204. The summed E-state index contributed by atoms with van der Waals surface area (Å²) in [6.45, 7) is 3.50. The van der Waals surface area contributed by atoms with E-state index in [0.717, 1.165) is 27.7 Å². The second-order valence-corrected chi connectivity index (χ2v) is 4.01. The van der Waals surface area contributed by atoms with Gasteiger partial charge in [-0.05, 0) is 13.8 Å². The molecular formula is C11H15N3O6. The van der Waals surface area contributed by atoms with Crippen molar-refractivity contribution in [1.82, 2.24) is 10.2 Å². The van der Waals surface area contributed by atoms with E-state index >= 15 is 0 Å². The van der Waals surface area contributed by atoms with Gasteiger partial charge in [-0.25, -0.2) is 4.79 Å². The molecule has 5 amide bonds. The summed E-state index contributed by atoms with van der Waals surface area (Å²) in [5.41, 5.74) is 2.02. The average molecular weight is 285 g/mol. The summed E-state index contributed by atoms with van der Waals surface area (Å²) in [6, 6.07) is -1.33. The molecule has 0 radical (unpaired) electrons. The molecule has 0 rings (SSSR count). The normalized spacial score (nSPS) is 10.4. The van der Waals surface area contributed by atoms with Crippen molar-refractivity contribution >= 4 is 35.3 Å². The first-order valence-corrected chi connectivity index (χ1v) is 5.43. The van der Waals surface area contributed by atoms with Gasteiger partial charge in [-0.15, -0.1) is 0 Å². The molecule has 20 heavy (non-hydrogen) atoms. The number of nitrogens with one attached hydrogen (secondary N) is 1. The van der Waals surface area contributed by atoms with E-state index in [2.05, 4.69) is 0 Å². The number of carbonyl (C=O) groups excluding carboxylic acids is 6. The molecule has 9 nitrogen and oxygen atoms in total. The molecule has 0 aliphatic heterocycles. The Morgan fingerprint density at radius 2 is 1.20 bits per heavy atom. The lowest BCUT2D eigenvalue weighted by Gasteiger charge is -2.35. The third-order valence-corrected chi connectivity index (χ3v) is 2.55. The van der Waals surface area contributed by atoms with Crippen molar-refractivity contribution in [2.24, 2.45) is 5.73 Å². The van der Waals surface area contributed by atoms with E-state index in [-0.39, 0.29) is 4.90 Å². The number of carbonyl (C=O) groups is 6. The van der Waals surface area contributed by atoms with Crippen molar-refractivity contribution in [2.75, 3.05) is 0 Å². The Bertz CT molecular complexity index is 482. The highest BCUT2D eigenvalue weighted by Crippen LogP contribution is 2.20. The number of amides is 5. The van der Waals surface area contributed by atoms with Gasteiger partial charge >= 0.3 is 6.03 Å². The van der Waals surface area contributed by atoms with Gasteiger partial charge in [0.2, 0.25) is 17.4 Å². The van der Waals surface area contributed by atoms with Gasteiger partial charge in [-0.2, -0.15) is 0 Å². The molecule has 0 aliphatic rings. The Balaban J connectivity index is 6.30. The SMILES string of the molecule is CC(=O)N(C(C)=O)C(C(C)=O)(C(C)=O)C(=O)NC(N)=O. The molecule has 0 aromatic rings. The smallest absolute Gasteiger partial charge is 0.318 e. The summed E-state index contributed by atoms with van der Waals surface area (Å²) in [6.07, 6.45) is 0. The Kier molecular flexibility index (Phi) is 5.26. The summed E-state index contributed by atoms with van der Waals surface area (Å²) in [4.78, 5) is 69.6. The van der Waals surface area contributed by atoms with Crippen molar-refractivity contribution in [3.63, 3.8) is 0 Å². The van der Waals surface area contributed by atoms with Crippen molar-refractivity contribution in [3.05, 3.63) is 0 Å². The summed E-state index contributed by atoms with van der Waals surface area (Å²) in [5, 5.41) is 1.55. The lowest BCUT2D eigenvalue weighted by atomic mass is 9.86. The van der Waals surface area contributed by atoms with Crippen LogP contribution in [0.25, 0.3) is 0 Å². The largest absolute Gasteiger partial charge is 0.351 e. The number of urea groups is 1. The maximum atomic E-state index is 12.0. The van der Waals surface area contributed by atoms with Crippen LogP contribution in [0.4, 0.5) is 4.79 Å². The van der Waals surface area contributed by atoms with Gasteiger partial charge in [0.25, 0.3) is 5.91 Å². The van der Waals surface area contributed by atoms with Crippen molar-refractivity contribution < 1.29 is 28.8 Å². The quantitative estimate of drug-likeness (QED) is 0.601. The van der Waals surface area contributed by atoms with Crippen LogP contribution in [0.2, 0.25) is 0 Å². The predicted molar refractivity (Wildman–Crippen MR) is 65.0 cm³/mol. The van der Waals surface area contributed by atoms with Crippen LogP contribution in [0.3, 0.4) is 0 Å². The number of hydrogen-bond acceptors (Lipinski definition) is 6. The highest BCUT2D eigenvalue weighted by molar-refractivity contribution is 6.32. The highest BCUT2D eigenvalue weighted by atomic mass is 16.2. The number of Topliss-reactive ketones (excluding diaryl/α,β-unsaturated/α-hetero) is 2. The maximum absolute atomic E-state index is 12.0. The molecule has 9 heteroatoms. The van der Waals surface area contributed by atoms with Crippen molar-refractivity contribution in [3.8, 4) is 0 Å². The topological polar surface area (TPSA) is 144 Å². The van der Waals surface area contributed by atoms with Crippen LogP contribution >= 0.6 is 0 Å². The second-order valence-electron chi connectivity index (χ2n) is 4.01. The third-order valence-electron chi connectivity index (χ3n) is 2.55. The number of primary amides is 1. The minimum atomic E-state index is -2.74. The van der Waals surface area contributed by atoms with Crippen LogP contribution in [0.5, 0.6) is 0 Å². The molecule has 0 spiro atoms. The first-order chi connectivity index (χ1) is 8.99. The number of imide groups is 2. The molecule has 0 unspecified atom stereocenters. The van der Waals surface area contributed by atoms with Gasteiger partial charge in [0.05, 0.1) is 0 Å². The molecule has 0 aliphatic carbocycles. The van der Waals surface area contributed by atoms with Gasteiger partial charge in [0, 0.05) is 13.8 Å². The molecule has 0 saturated carbocycles. The van der Waals surface area contributed by atoms with Crippen LogP contribution < -0.4 is 11.1 Å². The number of nitrogens with zero attached hydrogens (tertiary/aromatic N) is 1. The molecule has 0 aromatic carbocycles. The fourth-order valence-electron chi connectivity index (χ4n) is 1.88. The van der Waals surface area contributed by atoms with Gasteiger partial charge in [0.1, 0.15) is 0 Å². The first-order valence-electron chi connectivity index (χ1n) is 5.43. The van der Waals surface area contributed by atoms with E-state index in [1.807, 2.05) is 0 Å². The van der Waals surface area contributed by atoms with E-state index in [0.29, 0.717) is 0 Å². The first kappa shape index (κ1) is 17.4. The number of nitrogens with two attached hydrogens (primary N) is 1. The summed E-state index contributed by atoms with van der Waals surface area (Å²) in [7, 11) is 0. The van der Waals surface area contributed by atoms with Crippen LogP contribution in [0, 0.1) is 0 Å².